The molecule has 2 heterocycles. The highest BCUT2D eigenvalue weighted by Crippen LogP contribution is 2.51. The maximum Gasteiger partial charge on any atom is 0.175 e. The van der Waals surface area contributed by atoms with Crippen LogP contribution in [0.15, 0.2) is 29.2 Å². The van der Waals surface area contributed by atoms with Gasteiger partial charge in [0.2, 0.25) is 0 Å². The molecule has 2 saturated heterocycles. The van der Waals surface area contributed by atoms with Crippen LogP contribution in [0.25, 0.3) is 0 Å². The molecule has 0 spiro atoms. The molecule has 1 aromatic rings. The summed E-state index contributed by atoms with van der Waals surface area (Å²) >= 11 is 0. The highest BCUT2D eigenvalue weighted by Gasteiger charge is 2.52. The maximum absolute atomic E-state index is 11.4. The highest BCUT2D eigenvalue weighted by molar-refractivity contribution is 7.90. The standard InChI is InChI=1S/C13H17NO2S/c1-13-7-10(8-13)9-14(13)11-3-5-12(6-4-11)17(2,15)16/h3-6,10H,7-9H2,1-2H3. The van der Waals surface area contributed by atoms with Gasteiger partial charge in [-0.3, -0.25) is 0 Å². The monoisotopic (exact) mass is 251 g/mol. The Morgan fingerprint density at radius 3 is 2.24 bits per heavy atom. The van der Waals surface area contributed by atoms with Crippen LogP contribution < -0.4 is 4.90 Å². The van der Waals surface area contributed by atoms with Crippen molar-refractivity contribution in [2.24, 2.45) is 5.92 Å². The summed E-state index contributed by atoms with van der Waals surface area (Å²) in [6.45, 7) is 3.41. The van der Waals surface area contributed by atoms with E-state index in [1.165, 1.54) is 19.1 Å². The Morgan fingerprint density at radius 2 is 1.82 bits per heavy atom. The van der Waals surface area contributed by atoms with Gasteiger partial charge in [0, 0.05) is 24.0 Å². The fraction of sp³-hybridized carbons (Fsp3) is 0.538. The second kappa shape index (κ2) is 3.25. The third-order valence-electron chi connectivity index (χ3n) is 4.13. The quantitative estimate of drug-likeness (QED) is 0.807. The number of nitrogens with zero attached hydrogens (tertiary/aromatic N) is 1. The van der Waals surface area contributed by atoms with Crippen LogP contribution in [0.1, 0.15) is 19.8 Å². The summed E-state index contributed by atoms with van der Waals surface area (Å²) in [6, 6.07) is 7.29. The van der Waals surface area contributed by atoms with Crippen LogP contribution >= 0.6 is 0 Å². The average Bonchev–Trinajstić information content (AvgIpc) is 2.69. The molecule has 0 aromatic heterocycles. The summed E-state index contributed by atoms with van der Waals surface area (Å²) in [5.41, 5.74) is 1.47. The number of benzene rings is 1. The first-order valence-electron chi connectivity index (χ1n) is 5.96. The zero-order valence-corrected chi connectivity index (χ0v) is 11.0. The van der Waals surface area contributed by atoms with E-state index in [1.807, 2.05) is 12.1 Å². The fourth-order valence-corrected chi connectivity index (χ4v) is 3.93. The zero-order valence-electron chi connectivity index (χ0n) is 10.2. The van der Waals surface area contributed by atoms with Gasteiger partial charge >= 0.3 is 0 Å². The molecular weight excluding hydrogens is 234 g/mol. The zero-order chi connectivity index (χ0) is 12.3. The molecule has 0 atom stereocenters. The molecule has 0 N–H and O–H groups in total. The summed E-state index contributed by atoms with van der Waals surface area (Å²) in [6.07, 6.45) is 3.80. The van der Waals surface area contributed by atoms with E-state index in [0.29, 0.717) is 10.4 Å². The predicted octanol–water partition coefficient (Wildman–Crippen LogP) is 2.08. The third kappa shape index (κ3) is 1.66. The van der Waals surface area contributed by atoms with E-state index in [1.54, 1.807) is 12.1 Å². The summed E-state index contributed by atoms with van der Waals surface area (Å²) < 4.78 is 22.8. The predicted molar refractivity (Wildman–Crippen MR) is 68.0 cm³/mol. The second-order valence-electron chi connectivity index (χ2n) is 5.65. The first kappa shape index (κ1) is 11.1. The summed E-state index contributed by atoms with van der Waals surface area (Å²) in [5, 5.41) is 0. The van der Waals surface area contributed by atoms with Crippen LogP contribution in [-0.4, -0.2) is 26.8 Å². The molecule has 1 aliphatic carbocycles. The van der Waals surface area contributed by atoms with Crippen molar-refractivity contribution in [3.05, 3.63) is 24.3 Å². The number of hydrogen-bond acceptors (Lipinski definition) is 3. The Hall–Kier alpha value is -1.03. The average molecular weight is 251 g/mol. The van der Waals surface area contributed by atoms with E-state index >= 15 is 0 Å². The van der Waals surface area contributed by atoms with Gasteiger partial charge in [0.25, 0.3) is 0 Å². The molecule has 1 saturated carbocycles. The second-order valence-corrected chi connectivity index (χ2v) is 7.66. The number of anilines is 1. The molecule has 4 rings (SSSR count). The van der Waals surface area contributed by atoms with Gasteiger partial charge in [-0.15, -0.1) is 0 Å². The van der Waals surface area contributed by atoms with E-state index in [4.69, 9.17) is 0 Å². The van der Waals surface area contributed by atoms with Gasteiger partial charge < -0.3 is 4.90 Å². The molecule has 2 aliphatic heterocycles. The van der Waals surface area contributed by atoms with E-state index < -0.39 is 9.84 Å². The topological polar surface area (TPSA) is 37.4 Å². The highest BCUT2D eigenvalue weighted by atomic mass is 32.2. The molecule has 92 valence electrons. The van der Waals surface area contributed by atoms with Crippen molar-refractivity contribution in [1.29, 1.82) is 0 Å². The van der Waals surface area contributed by atoms with E-state index in [9.17, 15) is 8.42 Å². The SMILES string of the molecule is CC12CC(CN1c1ccc(S(C)(=O)=O)cc1)C2. The lowest BCUT2D eigenvalue weighted by Gasteiger charge is -2.39. The van der Waals surface area contributed by atoms with Crippen LogP contribution in [0.5, 0.6) is 0 Å². The van der Waals surface area contributed by atoms with Crippen molar-refractivity contribution < 1.29 is 8.42 Å². The molecule has 17 heavy (non-hydrogen) atoms. The lowest BCUT2D eigenvalue weighted by molar-refractivity contribution is 0.267. The van der Waals surface area contributed by atoms with Crippen LogP contribution in [0.4, 0.5) is 5.69 Å². The largest absolute Gasteiger partial charge is 0.366 e. The normalized spacial score (nSPS) is 31.4. The van der Waals surface area contributed by atoms with Gasteiger partial charge in [-0.1, -0.05) is 0 Å². The minimum absolute atomic E-state index is 0.317. The number of sulfone groups is 1. The van der Waals surface area contributed by atoms with Crippen molar-refractivity contribution in [3.8, 4) is 0 Å². The molecule has 0 amide bonds. The van der Waals surface area contributed by atoms with Crippen molar-refractivity contribution in [2.75, 3.05) is 17.7 Å². The van der Waals surface area contributed by atoms with Crippen molar-refractivity contribution >= 4 is 15.5 Å². The van der Waals surface area contributed by atoms with Crippen LogP contribution in [0, 0.1) is 5.92 Å². The Balaban J connectivity index is 1.91. The number of hydrogen-bond donors (Lipinski definition) is 0. The third-order valence-corrected chi connectivity index (χ3v) is 5.25. The molecule has 1 aromatic carbocycles. The van der Waals surface area contributed by atoms with E-state index in [0.717, 1.165) is 18.2 Å². The van der Waals surface area contributed by atoms with Gasteiger partial charge in [-0.2, -0.15) is 0 Å². The number of rotatable bonds is 2. The molecule has 3 fully saturated rings. The van der Waals surface area contributed by atoms with Crippen LogP contribution in [-0.2, 0) is 9.84 Å². The smallest absolute Gasteiger partial charge is 0.175 e. The fourth-order valence-electron chi connectivity index (χ4n) is 3.30. The minimum Gasteiger partial charge on any atom is -0.366 e. The molecule has 2 bridgehead atoms. The molecular formula is C13H17NO2S. The Kier molecular flexibility index (Phi) is 2.12. The van der Waals surface area contributed by atoms with Crippen LogP contribution in [0.3, 0.4) is 0 Å². The molecule has 0 unspecified atom stereocenters. The molecule has 3 aliphatic rings. The molecule has 0 radical (unpaired) electrons. The lowest BCUT2D eigenvalue weighted by Crippen LogP contribution is -2.42. The van der Waals surface area contributed by atoms with Gasteiger partial charge in [-0.25, -0.2) is 8.42 Å². The number of fused-ring (bicyclic) bond motifs is 1. The first-order valence-corrected chi connectivity index (χ1v) is 7.85. The van der Waals surface area contributed by atoms with Crippen molar-refractivity contribution in [2.45, 2.75) is 30.2 Å². The van der Waals surface area contributed by atoms with Gasteiger partial charge in [0.05, 0.1) is 4.90 Å². The van der Waals surface area contributed by atoms with E-state index in [2.05, 4.69) is 11.8 Å². The maximum atomic E-state index is 11.4. The Bertz CT molecular complexity index is 541. The molecule has 4 heteroatoms. The lowest BCUT2D eigenvalue weighted by atomic mass is 9.75. The van der Waals surface area contributed by atoms with Crippen molar-refractivity contribution in [1.82, 2.24) is 0 Å². The Labute approximate surface area is 102 Å². The van der Waals surface area contributed by atoms with Gasteiger partial charge in [-0.05, 0) is 49.9 Å². The van der Waals surface area contributed by atoms with Gasteiger partial charge in [0.1, 0.15) is 0 Å². The minimum atomic E-state index is -3.08. The summed E-state index contributed by atoms with van der Waals surface area (Å²) in [7, 11) is -3.08. The van der Waals surface area contributed by atoms with Gasteiger partial charge in [0.15, 0.2) is 9.84 Å². The summed E-state index contributed by atoms with van der Waals surface area (Å²) in [5.74, 6) is 0.842. The summed E-state index contributed by atoms with van der Waals surface area (Å²) in [4.78, 5) is 2.82. The first-order chi connectivity index (χ1) is 7.88. The molecule has 3 nitrogen and oxygen atoms in total. The Morgan fingerprint density at radius 1 is 1.24 bits per heavy atom. The van der Waals surface area contributed by atoms with Crippen molar-refractivity contribution in [3.63, 3.8) is 0 Å². The van der Waals surface area contributed by atoms with E-state index in [-0.39, 0.29) is 0 Å². The van der Waals surface area contributed by atoms with Crippen LogP contribution in [0.2, 0.25) is 0 Å².